The fraction of sp³-hybridized carbons (Fsp3) is 0.600. The average molecular weight is 231 g/mol. The standard InChI is InChI=1S/C15H23N2/c1-17(11-12-5-2-3-8-15(12)16)13-6-4-7-14(17)10-9-13/h2-3,5,8,13-14H,4,6-7,9-11,16H2,1H3/q+1. The quantitative estimate of drug-likeness (QED) is 0.614. The van der Waals surface area contributed by atoms with Gasteiger partial charge in [0.1, 0.15) is 6.54 Å². The van der Waals surface area contributed by atoms with E-state index in [9.17, 15) is 0 Å². The molecule has 2 atom stereocenters. The van der Waals surface area contributed by atoms with Crippen LogP contribution in [0.3, 0.4) is 0 Å². The molecular formula is C15H23N2+. The van der Waals surface area contributed by atoms with Gasteiger partial charge in [-0.05, 0) is 25.3 Å². The van der Waals surface area contributed by atoms with Crippen molar-refractivity contribution < 1.29 is 4.48 Å². The summed E-state index contributed by atoms with van der Waals surface area (Å²) in [5, 5.41) is 0. The Hall–Kier alpha value is -1.02. The first-order valence-corrected chi connectivity index (χ1v) is 6.88. The molecule has 2 aliphatic rings. The minimum Gasteiger partial charge on any atom is -0.398 e. The molecule has 2 bridgehead atoms. The Balaban J connectivity index is 1.87. The molecule has 0 aliphatic carbocycles. The number of piperidine rings is 1. The molecule has 2 N–H and O–H groups in total. The van der Waals surface area contributed by atoms with Crippen LogP contribution in [0, 0.1) is 0 Å². The highest BCUT2D eigenvalue weighted by atomic mass is 15.4. The molecule has 0 radical (unpaired) electrons. The second-order valence-electron chi connectivity index (χ2n) is 6.02. The van der Waals surface area contributed by atoms with E-state index in [1.807, 2.05) is 12.1 Å². The van der Waals surface area contributed by atoms with Crippen LogP contribution in [0.25, 0.3) is 0 Å². The number of nitrogen functional groups attached to an aromatic ring is 1. The number of nitrogens with zero attached hydrogens (tertiary/aromatic N) is 1. The average Bonchev–Trinajstić information content (AvgIpc) is 2.55. The summed E-state index contributed by atoms with van der Waals surface area (Å²) in [5.41, 5.74) is 8.41. The van der Waals surface area contributed by atoms with Crippen molar-refractivity contribution in [2.45, 2.75) is 50.7 Å². The lowest BCUT2D eigenvalue weighted by molar-refractivity contribution is -0.960. The van der Waals surface area contributed by atoms with Crippen LogP contribution in [0.4, 0.5) is 5.69 Å². The summed E-state index contributed by atoms with van der Waals surface area (Å²) in [7, 11) is 2.45. The molecule has 2 aliphatic heterocycles. The number of anilines is 1. The van der Waals surface area contributed by atoms with Gasteiger partial charge >= 0.3 is 0 Å². The molecule has 3 rings (SSSR count). The van der Waals surface area contributed by atoms with E-state index in [1.54, 1.807) is 0 Å². The van der Waals surface area contributed by atoms with Crippen LogP contribution < -0.4 is 5.73 Å². The van der Waals surface area contributed by atoms with E-state index in [0.717, 1.165) is 24.3 Å². The van der Waals surface area contributed by atoms with Gasteiger partial charge in [-0.2, -0.15) is 0 Å². The van der Waals surface area contributed by atoms with Gasteiger partial charge in [0.15, 0.2) is 0 Å². The zero-order chi connectivity index (χ0) is 11.9. The summed E-state index contributed by atoms with van der Waals surface area (Å²) in [5.74, 6) is 0. The number of benzene rings is 1. The minimum atomic E-state index is 0.883. The zero-order valence-electron chi connectivity index (χ0n) is 10.7. The maximum absolute atomic E-state index is 6.10. The summed E-state index contributed by atoms with van der Waals surface area (Å²) in [6.45, 7) is 1.13. The highest BCUT2D eigenvalue weighted by Crippen LogP contribution is 2.42. The summed E-state index contributed by atoms with van der Waals surface area (Å²) < 4.78 is 1.24. The largest absolute Gasteiger partial charge is 0.398 e. The van der Waals surface area contributed by atoms with Crippen molar-refractivity contribution in [2.75, 3.05) is 12.8 Å². The SMILES string of the molecule is C[N+]1(Cc2ccccc2N)C2CCCC1CC2. The topological polar surface area (TPSA) is 26.0 Å². The number of fused-ring (bicyclic) bond motifs is 2. The van der Waals surface area contributed by atoms with Crippen molar-refractivity contribution in [2.24, 2.45) is 0 Å². The molecule has 17 heavy (non-hydrogen) atoms. The lowest BCUT2D eigenvalue weighted by Gasteiger charge is -2.45. The summed E-state index contributed by atoms with van der Waals surface area (Å²) in [6.07, 6.45) is 7.12. The normalized spacial score (nSPS) is 36.1. The van der Waals surface area contributed by atoms with Gasteiger partial charge in [0.25, 0.3) is 0 Å². The minimum absolute atomic E-state index is 0.883. The van der Waals surface area contributed by atoms with Gasteiger partial charge < -0.3 is 10.2 Å². The van der Waals surface area contributed by atoms with Gasteiger partial charge in [0.05, 0.1) is 19.1 Å². The molecule has 1 aromatic carbocycles. The van der Waals surface area contributed by atoms with Crippen molar-refractivity contribution in [3.05, 3.63) is 29.8 Å². The van der Waals surface area contributed by atoms with Crippen molar-refractivity contribution in [3.63, 3.8) is 0 Å². The van der Waals surface area contributed by atoms with Gasteiger partial charge in [-0.3, -0.25) is 0 Å². The Morgan fingerprint density at radius 2 is 1.76 bits per heavy atom. The molecule has 2 heterocycles. The molecule has 2 fully saturated rings. The maximum Gasteiger partial charge on any atom is 0.107 e. The van der Waals surface area contributed by atoms with Crippen LogP contribution in [-0.4, -0.2) is 23.6 Å². The highest BCUT2D eigenvalue weighted by molar-refractivity contribution is 5.45. The molecule has 2 heteroatoms. The molecule has 0 aromatic heterocycles. The van der Waals surface area contributed by atoms with E-state index in [1.165, 1.54) is 42.2 Å². The molecule has 0 amide bonds. The van der Waals surface area contributed by atoms with Crippen molar-refractivity contribution >= 4 is 5.69 Å². The zero-order valence-corrected chi connectivity index (χ0v) is 10.7. The Kier molecular flexibility index (Phi) is 2.62. The summed E-state index contributed by atoms with van der Waals surface area (Å²) >= 11 is 0. The van der Waals surface area contributed by atoms with Gasteiger partial charge in [-0.25, -0.2) is 0 Å². The van der Waals surface area contributed by atoms with E-state index in [4.69, 9.17) is 5.73 Å². The van der Waals surface area contributed by atoms with E-state index >= 15 is 0 Å². The van der Waals surface area contributed by atoms with Crippen LogP contribution in [-0.2, 0) is 6.54 Å². The molecule has 1 aromatic rings. The lowest BCUT2D eigenvalue weighted by Crippen LogP contribution is -2.55. The van der Waals surface area contributed by atoms with Crippen LogP contribution in [0.5, 0.6) is 0 Å². The Morgan fingerprint density at radius 3 is 2.41 bits per heavy atom. The maximum atomic E-state index is 6.10. The number of quaternary nitrogens is 1. The third-order valence-electron chi connectivity index (χ3n) is 5.14. The van der Waals surface area contributed by atoms with Crippen LogP contribution >= 0.6 is 0 Å². The second kappa shape index (κ2) is 4.02. The van der Waals surface area contributed by atoms with E-state index in [0.29, 0.717) is 0 Å². The fourth-order valence-electron chi connectivity index (χ4n) is 4.04. The molecule has 92 valence electrons. The Labute approximate surface area is 104 Å². The molecule has 0 spiro atoms. The van der Waals surface area contributed by atoms with E-state index in [-0.39, 0.29) is 0 Å². The van der Waals surface area contributed by atoms with Gasteiger partial charge in [0, 0.05) is 24.1 Å². The van der Waals surface area contributed by atoms with Gasteiger partial charge in [-0.15, -0.1) is 0 Å². The number of nitrogens with two attached hydrogens (primary N) is 1. The van der Waals surface area contributed by atoms with Crippen LogP contribution in [0.15, 0.2) is 24.3 Å². The van der Waals surface area contributed by atoms with Gasteiger partial charge in [0.2, 0.25) is 0 Å². The van der Waals surface area contributed by atoms with Gasteiger partial charge in [-0.1, -0.05) is 18.2 Å². The number of para-hydroxylation sites is 1. The first-order valence-electron chi connectivity index (χ1n) is 6.88. The predicted molar refractivity (Wildman–Crippen MR) is 71.4 cm³/mol. The second-order valence-corrected chi connectivity index (χ2v) is 6.02. The molecule has 0 saturated carbocycles. The lowest BCUT2D eigenvalue weighted by atomic mass is 9.98. The third kappa shape index (κ3) is 1.75. The number of hydrogen-bond acceptors (Lipinski definition) is 1. The third-order valence-corrected chi connectivity index (χ3v) is 5.14. The number of hydrogen-bond donors (Lipinski definition) is 1. The Morgan fingerprint density at radius 1 is 1.12 bits per heavy atom. The number of rotatable bonds is 2. The first-order chi connectivity index (χ1) is 8.20. The predicted octanol–water partition coefficient (Wildman–Crippen LogP) is 2.93. The van der Waals surface area contributed by atoms with Crippen LogP contribution in [0.1, 0.15) is 37.7 Å². The van der Waals surface area contributed by atoms with E-state index in [2.05, 4.69) is 19.2 Å². The molecule has 2 unspecified atom stereocenters. The Bertz CT molecular complexity index is 397. The van der Waals surface area contributed by atoms with Crippen molar-refractivity contribution in [1.82, 2.24) is 0 Å². The molecule has 2 saturated heterocycles. The molecular weight excluding hydrogens is 208 g/mol. The highest BCUT2D eigenvalue weighted by Gasteiger charge is 2.48. The monoisotopic (exact) mass is 231 g/mol. The summed E-state index contributed by atoms with van der Waals surface area (Å²) in [6, 6.07) is 10.1. The molecule has 2 nitrogen and oxygen atoms in total. The van der Waals surface area contributed by atoms with Crippen molar-refractivity contribution in [3.8, 4) is 0 Å². The van der Waals surface area contributed by atoms with E-state index < -0.39 is 0 Å². The smallest absolute Gasteiger partial charge is 0.107 e. The van der Waals surface area contributed by atoms with Crippen LogP contribution in [0.2, 0.25) is 0 Å². The fourth-order valence-corrected chi connectivity index (χ4v) is 4.04. The summed E-state index contributed by atoms with van der Waals surface area (Å²) in [4.78, 5) is 0. The van der Waals surface area contributed by atoms with Crippen molar-refractivity contribution in [1.29, 1.82) is 0 Å². The first kappa shape index (κ1) is 11.1.